The van der Waals surface area contributed by atoms with E-state index >= 15 is 0 Å². The first-order valence-corrected chi connectivity index (χ1v) is 14.8. The van der Waals surface area contributed by atoms with Gasteiger partial charge in [-0.3, -0.25) is 9.36 Å². The predicted octanol–water partition coefficient (Wildman–Crippen LogP) is 5.19. The molecule has 0 bridgehead atoms. The minimum atomic E-state index is -0.755. The van der Waals surface area contributed by atoms with E-state index in [4.69, 9.17) is 14.6 Å². The van der Waals surface area contributed by atoms with Crippen LogP contribution >= 0.6 is 11.3 Å². The Morgan fingerprint density at radius 3 is 2.39 bits per heavy atom. The molecule has 5 aromatic rings. The molecule has 0 spiro atoms. The number of fused-ring (bicyclic) bond motifs is 1. The van der Waals surface area contributed by atoms with Gasteiger partial charge >= 0.3 is 5.97 Å². The molecule has 0 fully saturated rings. The summed E-state index contributed by atoms with van der Waals surface area (Å²) in [6.07, 6.45) is 3.25. The summed E-state index contributed by atoms with van der Waals surface area (Å²) in [5.74, 6) is -0.234. The first-order chi connectivity index (χ1) is 21.2. The number of esters is 1. The minimum absolute atomic E-state index is 0.298. The van der Waals surface area contributed by atoms with Gasteiger partial charge in [0.2, 0.25) is 0 Å². The third kappa shape index (κ3) is 5.51. The van der Waals surface area contributed by atoms with Gasteiger partial charge in [-0.25, -0.2) is 18.9 Å². The lowest BCUT2D eigenvalue weighted by Crippen LogP contribution is -2.40. The van der Waals surface area contributed by atoms with E-state index in [9.17, 15) is 14.0 Å². The van der Waals surface area contributed by atoms with Crippen LogP contribution < -0.4 is 19.6 Å². The van der Waals surface area contributed by atoms with Crippen LogP contribution in [0.15, 0.2) is 106 Å². The van der Waals surface area contributed by atoms with Crippen LogP contribution in [0, 0.1) is 5.82 Å². The van der Waals surface area contributed by atoms with Gasteiger partial charge in [-0.15, -0.1) is 0 Å². The Balaban J connectivity index is 1.55. The number of benzene rings is 3. The molecule has 3 aromatic carbocycles. The molecule has 8 nitrogen and oxygen atoms in total. The normalized spacial score (nSPS) is 14.9. The van der Waals surface area contributed by atoms with Gasteiger partial charge in [-0.1, -0.05) is 41.7 Å². The molecule has 3 heterocycles. The standard InChI is InChI=1S/C34H29FN4O4S/c1-20(2)43-33(41)29-21(3)36-34-39(31(29)23-12-16-27(42-4)17-13-23)32(40)28(44-34)18-24-19-38(26-8-6-5-7-9-26)37-30(24)22-10-14-25(35)15-11-22/h5-20,31H,1-4H3/b28-18-/t31-/m0/s1. The summed E-state index contributed by atoms with van der Waals surface area (Å²) in [6.45, 7) is 5.31. The SMILES string of the molecule is COc1ccc([C@H]2C(C(=O)OC(C)C)=C(C)N=c3s/c(=C\c4cn(-c5ccccc5)nc4-c4ccc(F)cc4)c(=O)n32)cc1. The molecule has 0 saturated heterocycles. The molecule has 6 rings (SSSR count). The van der Waals surface area contributed by atoms with Crippen molar-refractivity contribution in [2.75, 3.05) is 7.11 Å². The number of methoxy groups -OCH3 is 1. The number of aromatic nitrogens is 3. The molecule has 1 atom stereocenters. The lowest BCUT2D eigenvalue weighted by atomic mass is 9.96. The summed E-state index contributed by atoms with van der Waals surface area (Å²) in [6, 6.07) is 22.2. The van der Waals surface area contributed by atoms with Gasteiger partial charge in [0, 0.05) is 17.3 Å². The molecule has 1 aliphatic rings. The van der Waals surface area contributed by atoms with Crippen LogP contribution in [-0.4, -0.2) is 33.5 Å². The topological polar surface area (TPSA) is 87.7 Å². The maximum Gasteiger partial charge on any atom is 0.338 e. The number of carbonyl (C=O) groups excluding carboxylic acids is 1. The third-order valence-corrected chi connectivity index (χ3v) is 8.17. The number of para-hydroxylation sites is 1. The van der Waals surface area contributed by atoms with Crippen molar-refractivity contribution in [2.24, 2.45) is 4.99 Å². The van der Waals surface area contributed by atoms with E-state index in [1.807, 2.05) is 48.7 Å². The molecule has 1 aliphatic heterocycles. The number of thiazole rings is 1. The van der Waals surface area contributed by atoms with Crippen molar-refractivity contribution in [3.8, 4) is 22.7 Å². The number of rotatable bonds is 7. The van der Waals surface area contributed by atoms with Gasteiger partial charge in [0.25, 0.3) is 5.56 Å². The Labute approximate surface area is 256 Å². The highest BCUT2D eigenvalue weighted by atomic mass is 32.1. The zero-order valence-electron chi connectivity index (χ0n) is 24.5. The van der Waals surface area contributed by atoms with Crippen molar-refractivity contribution >= 4 is 23.4 Å². The average molecular weight is 609 g/mol. The molecular formula is C34H29FN4O4S. The summed E-state index contributed by atoms with van der Waals surface area (Å²) >= 11 is 1.23. The maximum absolute atomic E-state index is 14.2. The van der Waals surface area contributed by atoms with Gasteiger partial charge in [0.15, 0.2) is 4.80 Å². The molecule has 0 aliphatic carbocycles. The number of ether oxygens (including phenoxy) is 2. The van der Waals surface area contributed by atoms with Gasteiger partial charge in [0.05, 0.1) is 40.7 Å². The zero-order valence-corrected chi connectivity index (χ0v) is 25.3. The summed E-state index contributed by atoms with van der Waals surface area (Å²) in [5.41, 5.74) is 3.97. The highest BCUT2D eigenvalue weighted by Crippen LogP contribution is 2.32. The fourth-order valence-corrected chi connectivity index (χ4v) is 6.18. The first-order valence-electron chi connectivity index (χ1n) is 14.0. The summed E-state index contributed by atoms with van der Waals surface area (Å²) in [4.78, 5) is 32.7. The van der Waals surface area contributed by atoms with Crippen LogP contribution in [0.1, 0.15) is 37.9 Å². The van der Waals surface area contributed by atoms with Crippen molar-refractivity contribution in [3.63, 3.8) is 0 Å². The number of carbonyl (C=O) groups is 1. The van der Waals surface area contributed by atoms with Crippen LogP contribution in [0.2, 0.25) is 0 Å². The van der Waals surface area contributed by atoms with E-state index in [-0.39, 0.29) is 17.5 Å². The minimum Gasteiger partial charge on any atom is -0.497 e. The van der Waals surface area contributed by atoms with Crippen molar-refractivity contribution in [2.45, 2.75) is 32.9 Å². The number of hydrogen-bond donors (Lipinski definition) is 0. The monoisotopic (exact) mass is 608 g/mol. The van der Waals surface area contributed by atoms with Crippen LogP contribution in [0.25, 0.3) is 23.0 Å². The van der Waals surface area contributed by atoms with Crippen LogP contribution in [-0.2, 0) is 9.53 Å². The van der Waals surface area contributed by atoms with Crippen molar-refractivity contribution in [3.05, 3.63) is 133 Å². The molecular weight excluding hydrogens is 579 g/mol. The summed E-state index contributed by atoms with van der Waals surface area (Å²) in [7, 11) is 1.58. The van der Waals surface area contributed by atoms with E-state index in [1.165, 1.54) is 23.5 Å². The lowest BCUT2D eigenvalue weighted by molar-refractivity contribution is -0.143. The quantitative estimate of drug-likeness (QED) is 0.238. The van der Waals surface area contributed by atoms with E-state index in [0.717, 1.165) is 5.69 Å². The van der Waals surface area contributed by atoms with Crippen LogP contribution in [0.4, 0.5) is 4.39 Å². The molecule has 0 radical (unpaired) electrons. The highest BCUT2D eigenvalue weighted by molar-refractivity contribution is 7.07. The Morgan fingerprint density at radius 1 is 1.02 bits per heavy atom. The molecule has 222 valence electrons. The Morgan fingerprint density at radius 2 is 1.73 bits per heavy atom. The van der Waals surface area contributed by atoms with Gasteiger partial charge < -0.3 is 9.47 Å². The van der Waals surface area contributed by atoms with E-state index in [0.29, 0.717) is 48.7 Å². The smallest absolute Gasteiger partial charge is 0.338 e. The molecule has 0 amide bonds. The second-order valence-electron chi connectivity index (χ2n) is 10.5. The lowest BCUT2D eigenvalue weighted by Gasteiger charge is -2.25. The number of halogens is 1. The van der Waals surface area contributed by atoms with E-state index in [2.05, 4.69) is 4.99 Å². The van der Waals surface area contributed by atoms with Gasteiger partial charge in [-0.05, 0) is 80.9 Å². The van der Waals surface area contributed by atoms with Crippen molar-refractivity contribution in [1.82, 2.24) is 14.3 Å². The number of hydrogen-bond acceptors (Lipinski definition) is 7. The third-order valence-electron chi connectivity index (χ3n) is 7.18. The largest absolute Gasteiger partial charge is 0.497 e. The van der Waals surface area contributed by atoms with E-state index in [1.54, 1.807) is 67.5 Å². The van der Waals surface area contributed by atoms with E-state index < -0.39 is 12.0 Å². The highest BCUT2D eigenvalue weighted by Gasteiger charge is 2.34. The predicted molar refractivity (Wildman–Crippen MR) is 167 cm³/mol. The summed E-state index contributed by atoms with van der Waals surface area (Å²) < 4.78 is 28.4. The second kappa shape index (κ2) is 11.9. The Hall–Kier alpha value is -5.09. The molecule has 0 N–H and O–H groups in total. The summed E-state index contributed by atoms with van der Waals surface area (Å²) in [5, 5.41) is 4.80. The zero-order chi connectivity index (χ0) is 31.0. The fraction of sp³-hybridized carbons (Fsp3) is 0.176. The average Bonchev–Trinajstić information content (AvgIpc) is 3.57. The molecule has 10 heteroatoms. The fourth-order valence-electron chi connectivity index (χ4n) is 5.14. The molecule has 44 heavy (non-hydrogen) atoms. The van der Waals surface area contributed by atoms with Crippen LogP contribution in [0.3, 0.4) is 0 Å². The maximum atomic E-state index is 14.2. The van der Waals surface area contributed by atoms with Gasteiger partial charge in [-0.2, -0.15) is 5.10 Å². The number of allylic oxidation sites excluding steroid dienone is 1. The van der Waals surface area contributed by atoms with Crippen LogP contribution in [0.5, 0.6) is 5.75 Å². The Bertz CT molecular complexity index is 2060. The Kier molecular flexibility index (Phi) is 7.84. The molecule has 0 saturated carbocycles. The van der Waals surface area contributed by atoms with Crippen molar-refractivity contribution in [1.29, 1.82) is 0 Å². The number of nitrogens with zero attached hydrogens (tertiary/aromatic N) is 4. The first kappa shape index (κ1) is 29.0. The van der Waals surface area contributed by atoms with Crippen molar-refractivity contribution < 1.29 is 18.7 Å². The second-order valence-corrected chi connectivity index (χ2v) is 11.5. The molecule has 2 aromatic heterocycles. The molecule has 0 unspecified atom stereocenters. The van der Waals surface area contributed by atoms with Gasteiger partial charge in [0.1, 0.15) is 17.3 Å².